The molecule has 31 heavy (non-hydrogen) atoms. The second-order valence-corrected chi connectivity index (χ2v) is 8.01. The van der Waals surface area contributed by atoms with Crippen LogP contribution in [0.3, 0.4) is 0 Å². The van der Waals surface area contributed by atoms with Crippen LogP contribution in [0, 0.1) is 17.7 Å². The molecule has 0 aromatic heterocycles. The molecule has 4 atom stereocenters. The summed E-state index contributed by atoms with van der Waals surface area (Å²) in [7, 11) is 0. The fourth-order valence-corrected chi connectivity index (χ4v) is 5.09. The minimum absolute atomic E-state index is 0.00390. The van der Waals surface area contributed by atoms with Gasteiger partial charge in [0.1, 0.15) is 28.7 Å². The molecule has 0 bridgehead atoms. The van der Waals surface area contributed by atoms with E-state index in [4.69, 9.17) is 5.73 Å². The van der Waals surface area contributed by atoms with Gasteiger partial charge in [-0.05, 0) is 37.4 Å². The number of carbonyl (C=O) groups excluding carboxylic acids is 3. The normalized spacial score (nSPS) is 30.1. The highest BCUT2D eigenvalue weighted by molar-refractivity contribution is 6.24. The van der Waals surface area contributed by atoms with Gasteiger partial charge in [0, 0.05) is 17.1 Å². The van der Waals surface area contributed by atoms with Gasteiger partial charge in [0.2, 0.25) is 5.78 Å². The SMILES string of the molecule is CCN[C@@H]1C(=O)C(C(N)=O)=C(O)[C@@]2(O)C(=O)C3=C(O)c4c(O)ccc(F)c4C[C@H]3C[C@@H]12. The number of phenolic OH excluding ortho intramolecular Hbond substituents is 1. The van der Waals surface area contributed by atoms with Gasteiger partial charge in [-0.25, -0.2) is 4.39 Å². The molecule has 0 heterocycles. The van der Waals surface area contributed by atoms with Crippen LogP contribution in [0.5, 0.6) is 5.75 Å². The van der Waals surface area contributed by atoms with E-state index in [1.54, 1.807) is 6.92 Å². The lowest BCUT2D eigenvalue weighted by atomic mass is 9.57. The number of rotatable bonds is 3. The van der Waals surface area contributed by atoms with Gasteiger partial charge in [-0.3, -0.25) is 14.4 Å². The Labute approximate surface area is 175 Å². The summed E-state index contributed by atoms with van der Waals surface area (Å²) in [5.74, 6) is -8.31. The Morgan fingerprint density at radius 2 is 1.97 bits per heavy atom. The molecule has 1 aromatic rings. The van der Waals surface area contributed by atoms with Crippen LogP contribution >= 0.6 is 0 Å². The molecule has 9 nitrogen and oxygen atoms in total. The molecular formula is C21H21FN2O7. The predicted octanol–water partition coefficient (Wildman–Crippen LogP) is 0.151. The van der Waals surface area contributed by atoms with Crippen molar-refractivity contribution < 1.29 is 39.2 Å². The van der Waals surface area contributed by atoms with Crippen LogP contribution < -0.4 is 11.1 Å². The Bertz CT molecular complexity index is 1110. The largest absolute Gasteiger partial charge is 0.508 e. The summed E-state index contributed by atoms with van der Waals surface area (Å²) < 4.78 is 14.4. The van der Waals surface area contributed by atoms with Gasteiger partial charge >= 0.3 is 0 Å². The molecule has 0 aliphatic heterocycles. The van der Waals surface area contributed by atoms with Crippen molar-refractivity contribution in [2.75, 3.05) is 6.54 Å². The van der Waals surface area contributed by atoms with Gasteiger partial charge in [0.05, 0.1) is 11.6 Å². The maximum absolute atomic E-state index is 14.4. The first-order valence-electron chi connectivity index (χ1n) is 9.77. The van der Waals surface area contributed by atoms with E-state index < -0.39 is 69.6 Å². The van der Waals surface area contributed by atoms with Crippen LogP contribution in [-0.2, 0) is 20.8 Å². The molecular weight excluding hydrogens is 411 g/mol. The van der Waals surface area contributed by atoms with Crippen molar-refractivity contribution in [3.63, 3.8) is 0 Å². The number of Topliss-reactive ketones (excluding diaryl/α,β-unsaturated/α-hetero) is 2. The van der Waals surface area contributed by atoms with Gasteiger partial charge in [-0.1, -0.05) is 6.92 Å². The fourth-order valence-electron chi connectivity index (χ4n) is 5.09. The lowest BCUT2D eigenvalue weighted by Gasteiger charge is -2.49. The summed E-state index contributed by atoms with van der Waals surface area (Å²) in [6.45, 7) is 1.92. The molecule has 3 aliphatic carbocycles. The number of halogens is 1. The minimum atomic E-state index is -2.70. The quantitative estimate of drug-likeness (QED) is 0.367. The summed E-state index contributed by atoms with van der Waals surface area (Å²) >= 11 is 0. The lowest BCUT2D eigenvalue weighted by molar-refractivity contribution is -0.150. The number of ketones is 2. The summed E-state index contributed by atoms with van der Waals surface area (Å²) in [4.78, 5) is 38.1. The number of primary amides is 1. The van der Waals surface area contributed by atoms with Crippen LogP contribution in [0.4, 0.5) is 4.39 Å². The number of aliphatic hydroxyl groups is 3. The van der Waals surface area contributed by atoms with E-state index in [0.29, 0.717) is 0 Å². The maximum Gasteiger partial charge on any atom is 0.255 e. The van der Waals surface area contributed by atoms with Crippen molar-refractivity contribution in [2.24, 2.45) is 17.6 Å². The first-order chi connectivity index (χ1) is 14.5. The molecule has 7 N–H and O–H groups in total. The third-order valence-corrected chi connectivity index (χ3v) is 6.45. The number of benzene rings is 1. The highest BCUT2D eigenvalue weighted by Crippen LogP contribution is 2.52. The number of likely N-dealkylation sites (N-methyl/N-ethyl adjacent to an activating group) is 1. The Hall–Kier alpha value is -3.24. The Morgan fingerprint density at radius 3 is 2.58 bits per heavy atom. The van der Waals surface area contributed by atoms with Crippen molar-refractivity contribution in [3.05, 3.63) is 46.0 Å². The zero-order valence-corrected chi connectivity index (χ0v) is 16.5. The molecule has 0 spiro atoms. The van der Waals surface area contributed by atoms with E-state index in [2.05, 4.69) is 5.32 Å². The number of hydrogen-bond acceptors (Lipinski definition) is 8. The average molecular weight is 432 g/mol. The summed E-state index contributed by atoms with van der Waals surface area (Å²) in [6, 6.07) is 0.850. The Kier molecular flexibility index (Phi) is 4.67. The number of phenols is 1. The molecule has 0 saturated heterocycles. The van der Waals surface area contributed by atoms with E-state index in [9.17, 15) is 39.2 Å². The van der Waals surface area contributed by atoms with Crippen LogP contribution in [-0.4, -0.2) is 56.1 Å². The molecule has 1 fully saturated rings. The van der Waals surface area contributed by atoms with Gasteiger partial charge in [-0.2, -0.15) is 0 Å². The molecule has 1 saturated carbocycles. The number of hydrogen-bond donors (Lipinski definition) is 6. The van der Waals surface area contributed by atoms with E-state index >= 15 is 0 Å². The van der Waals surface area contributed by atoms with Gasteiger partial charge in [0.15, 0.2) is 11.4 Å². The monoisotopic (exact) mass is 432 g/mol. The number of nitrogens with two attached hydrogens (primary N) is 1. The molecule has 1 aromatic carbocycles. The Morgan fingerprint density at radius 1 is 1.29 bits per heavy atom. The third-order valence-electron chi connectivity index (χ3n) is 6.45. The summed E-state index contributed by atoms with van der Waals surface area (Å²) in [6.07, 6.45) is -0.164. The zero-order chi connectivity index (χ0) is 22.8. The molecule has 0 radical (unpaired) electrons. The molecule has 3 aliphatic rings. The van der Waals surface area contributed by atoms with Gasteiger partial charge in [0.25, 0.3) is 5.91 Å². The van der Waals surface area contributed by atoms with E-state index in [0.717, 1.165) is 12.1 Å². The highest BCUT2D eigenvalue weighted by Gasteiger charge is 2.63. The average Bonchev–Trinajstić information content (AvgIpc) is 2.70. The number of amides is 1. The first kappa shape index (κ1) is 21.0. The fraction of sp³-hybridized carbons (Fsp3) is 0.381. The number of aliphatic hydroxyl groups excluding tert-OH is 2. The number of nitrogens with one attached hydrogen (secondary N) is 1. The van der Waals surface area contributed by atoms with Crippen LogP contribution in [0.15, 0.2) is 29.0 Å². The minimum Gasteiger partial charge on any atom is -0.508 e. The smallest absolute Gasteiger partial charge is 0.255 e. The Balaban J connectivity index is 1.97. The second kappa shape index (κ2) is 6.89. The first-order valence-corrected chi connectivity index (χ1v) is 9.77. The van der Waals surface area contributed by atoms with Crippen molar-refractivity contribution >= 4 is 23.2 Å². The summed E-state index contributed by atoms with van der Waals surface area (Å²) in [5, 5.41) is 45.7. The van der Waals surface area contributed by atoms with Gasteiger partial charge < -0.3 is 31.5 Å². The highest BCUT2D eigenvalue weighted by atomic mass is 19.1. The van der Waals surface area contributed by atoms with E-state index in [1.807, 2.05) is 0 Å². The zero-order valence-electron chi connectivity index (χ0n) is 16.5. The number of aromatic hydroxyl groups is 1. The van der Waals surface area contributed by atoms with Crippen molar-refractivity contribution in [2.45, 2.75) is 31.4 Å². The van der Waals surface area contributed by atoms with Crippen LogP contribution in [0.1, 0.15) is 24.5 Å². The maximum atomic E-state index is 14.4. The topological polar surface area (TPSA) is 170 Å². The number of carbonyl (C=O) groups is 3. The molecule has 1 amide bonds. The predicted molar refractivity (Wildman–Crippen MR) is 104 cm³/mol. The van der Waals surface area contributed by atoms with Crippen molar-refractivity contribution in [1.82, 2.24) is 5.32 Å². The van der Waals surface area contributed by atoms with E-state index in [-0.39, 0.29) is 36.1 Å². The van der Waals surface area contributed by atoms with Crippen molar-refractivity contribution in [1.29, 1.82) is 0 Å². The molecule has 10 heteroatoms. The summed E-state index contributed by atoms with van der Waals surface area (Å²) in [5.41, 5.74) is 1.06. The molecule has 0 unspecified atom stereocenters. The third kappa shape index (κ3) is 2.64. The van der Waals surface area contributed by atoms with Gasteiger partial charge in [-0.15, -0.1) is 0 Å². The van der Waals surface area contributed by atoms with Crippen LogP contribution in [0.25, 0.3) is 5.76 Å². The lowest BCUT2D eigenvalue weighted by Crippen LogP contribution is -2.66. The standard InChI is InChI=1S/C21H21FN2O7/c1-2-24-15-9-6-7-5-8-10(22)3-4-11(25)13(8)16(26)12(7)18(28)21(9,31)19(29)14(17(15)27)20(23)30/h3-4,7,9,15,24-26,29,31H,2,5-6H2,1H3,(H2,23,30)/t7-,9-,15-,21-/m0/s1. The van der Waals surface area contributed by atoms with E-state index in [1.165, 1.54) is 0 Å². The molecule has 164 valence electrons. The van der Waals surface area contributed by atoms with Crippen LogP contribution in [0.2, 0.25) is 0 Å². The second-order valence-electron chi connectivity index (χ2n) is 8.01. The molecule has 4 rings (SSSR count). The van der Waals surface area contributed by atoms with Crippen molar-refractivity contribution in [3.8, 4) is 5.75 Å². The number of fused-ring (bicyclic) bond motifs is 3.